The van der Waals surface area contributed by atoms with Gasteiger partial charge in [0.2, 0.25) is 0 Å². The lowest BCUT2D eigenvalue weighted by Gasteiger charge is -2.32. The van der Waals surface area contributed by atoms with Gasteiger partial charge < -0.3 is 16.0 Å². The van der Waals surface area contributed by atoms with E-state index in [9.17, 15) is 9.59 Å². The number of aryl methyl sites for hydroxylation is 1. The van der Waals surface area contributed by atoms with E-state index >= 15 is 0 Å². The average molecular weight is 330 g/mol. The molecule has 1 aliphatic heterocycles. The fraction of sp³-hybridized carbons (Fsp3) is 0.500. The topological polar surface area (TPSA) is 106 Å². The van der Waals surface area contributed by atoms with Gasteiger partial charge in [0.25, 0.3) is 0 Å². The standard InChI is InChI=1S/C16H22N6O2/c1-3-22-15-13(9-19-22)14(12(8-18-15)10(2)23)20-11-4-6-21(7-5-11)16(17)24/h8-9,11H,3-7H2,1-2H3,(H2,17,24)(H,18,20). The Labute approximate surface area is 140 Å². The summed E-state index contributed by atoms with van der Waals surface area (Å²) in [6.45, 7) is 5.48. The fourth-order valence-corrected chi connectivity index (χ4v) is 3.13. The highest BCUT2D eigenvalue weighted by atomic mass is 16.2. The molecule has 1 fully saturated rings. The maximum atomic E-state index is 12.0. The first-order valence-electron chi connectivity index (χ1n) is 8.17. The molecule has 3 heterocycles. The number of nitrogens with two attached hydrogens (primary N) is 1. The second-order valence-corrected chi connectivity index (χ2v) is 6.04. The first-order valence-corrected chi connectivity index (χ1v) is 8.17. The van der Waals surface area contributed by atoms with Crippen molar-refractivity contribution in [2.75, 3.05) is 18.4 Å². The molecule has 24 heavy (non-hydrogen) atoms. The zero-order valence-electron chi connectivity index (χ0n) is 14.0. The first-order chi connectivity index (χ1) is 11.5. The molecule has 3 N–H and O–H groups in total. The number of hydrogen-bond donors (Lipinski definition) is 2. The van der Waals surface area contributed by atoms with Crippen LogP contribution in [-0.4, -0.2) is 50.6 Å². The minimum Gasteiger partial charge on any atom is -0.381 e. The number of anilines is 1. The van der Waals surface area contributed by atoms with Gasteiger partial charge in [0, 0.05) is 31.9 Å². The van der Waals surface area contributed by atoms with Gasteiger partial charge in [-0.3, -0.25) is 4.79 Å². The Kier molecular flexibility index (Phi) is 4.37. The summed E-state index contributed by atoms with van der Waals surface area (Å²) in [4.78, 5) is 29.3. The highest BCUT2D eigenvalue weighted by molar-refractivity contribution is 6.06. The van der Waals surface area contributed by atoms with E-state index in [0.717, 1.165) is 29.6 Å². The molecule has 128 valence electrons. The number of ketones is 1. The number of amides is 2. The predicted octanol–water partition coefficient (Wildman–Crippen LogP) is 1.61. The molecule has 2 aromatic heterocycles. The average Bonchev–Trinajstić information content (AvgIpc) is 2.99. The number of nitrogens with one attached hydrogen (secondary N) is 1. The number of carbonyl (C=O) groups excluding carboxylic acids is 2. The highest BCUT2D eigenvalue weighted by Gasteiger charge is 2.24. The summed E-state index contributed by atoms with van der Waals surface area (Å²) in [6.07, 6.45) is 4.93. The Hall–Kier alpha value is -2.64. The third-order valence-corrected chi connectivity index (χ3v) is 4.50. The van der Waals surface area contributed by atoms with E-state index in [4.69, 9.17) is 5.73 Å². The monoisotopic (exact) mass is 330 g/mol. The van der Waals surface area contributed by atoms with E-state index in [-0.39, 0.29) is 17.9 Å². The molecule has 0 saturated carbocycles. The number of hydrogen-bond acceptors (Lipinski definition) is 5. The summed E-state index contributed by atoms with van der Waals surface area (Å²) >= 11 is 0. The van der Waals surface area contributed by atoms with Gasteiger partial charge in [-0.15, -0.1) is 0 Å². The summed E-state index contributed by atoms with van der Waals surface area (Å²) in [7, 11) is 0. The van der Waals surface area contributed by atoms with Crippen molar-refractivity contribution in [3.05, 3.63) is 18.0 Å². The summed E-state index contributed by atoms with van der Waals surface area (Å²) in [6, 6.07) is -0.206. The zero-order valence-corrected chi connectivity index (χ0v) is 14.0. The summed E-state index contributed by atoms with van der Waals surface area (Å²) < 4.78 is 1.81. The van der Waals surface area contributed by atoms with E-state index in [0.29, 0.717) is 25.2 Å². The second-order valence-electron chi connectivity index (χ2n) is 6.04. The molecule has 1 aliphatic rings. The van der Waals surface area contributed by atoms with Crippen molar-refractivity contribution in [2.24, 2.45) is 5.73 Å². The van der Waals surface area contributed by atoms with Crippen LogP contribution in [-0.2, 0) is 6.54 Å². The molecule has 0 radical (unpaired) electrons. The quantitative estimate of drug-likeness (QED) is 0.828. The minimum absolute atomic E-state index is 0.0364. The van der Waals surface area contributed by atoms with Gasteiger partial charge in [-0.2, -0.15) is 5.10 Å². The maximum absolute atomic E-state index is 12.0. The van der Waals surface area contributed by atoms with Gasteiger partial charge in [-0.1, -0.05) is 0 Å². The number of likely N-dealkylation sites (tertiary alicyclic amines) is 1. The lowest BCUT2D eigenvalue weighted by atomic mass is 10.0. The number of pyridine rings is 1. The van der Waals surface area contributed by atoms with Crippen LogP contribution in [0.25, 0.3) is 11.0 Å². The molecule has 2 amide bonds. The van der Waals surface area contributed by atoms with Gasteiger partial charge in [0.1, 0.15) is 0 Å². The molecule has 1 saturated heterocycles. The fourth-order valence-electron chi connectivity index (χ4n) is 3.13. The van der Waals surface area contributed by atoms with Crippen molar-refractivity contribution in [1.82, 2.24) is 19.7 Å². The van der Waals surface area contributed by atoms with Crippen LogP contribution in [0.1, 0.15) is 37.0 Å². The summed E-state index contributed by atoms with van der Waals surface area (Å²) in [5.74, 6) is -0.0364. The molecule has 2 aromatic rings. The van der Waals surface area contributed by atoms with E-state index in [1.807, 2.05) is 6.92 Å². The summed E-state index contributed by atoms with van der Waals surface area (Å²) in [5, 5.41) is 8.66. The number of primary amides is 1. The van der Waals surface area contributed by atoms with Gasteiger partial charge in [-0.05, 0) is 26.7 Å². The van der Waals surface area contributed by atoms with Crippen molar-refractivity contribution < 1.29 is 9.59 Å². The predicted molar refractivity (Wildman–Crippen MR) is 91.0 cm³/mol. The number of rotatable bonds is 4. The Morgan fingerprint density at radius 2 is 2.04 bits per heavy atom. The number of Topliss-reactive ketones (excluding diaryl/α,β-unsaturated/α-hetero) is 1. The third kappa shape index (κ3) is 2.91. The Morgan fingerprint density at radius 1 is 1.33 bits per heavy atom. The van der Waals surface area contributed by atoms with Gasteiger partial charge in [0.05, 0.1) is 22.8 Å². The Bertz CT molecular complexity index is 776. The van der Waals surface area contributed by atoms with E-state index in [2.05, 4.69) is 15.4 Å². The molecule has 0 spiro atoms. The van der Waals surface area contributed by atoms with Crippen LogP contribution in [0.4, 0.5) is 10.5 Å². The van der Waals surface area contributed by atoms with Crippen LogP contribution >= 0.6 is 0 Å². The first kappa shape index (κ1) is 16.2. The highest BCUT2D eigenvalue weighted by Crippen LogP contribution is 2.28. The van der Waals surface area contributed by atoms with E-state index in [1.165, 1.54) is 6.92 Å². The molecule has 0 aromatic carbocycles. The molecule has 3 rings (SSSR count). The molecule has 0 unspecified atom stereocenters. The smallest absolute Gasteiger partial charge is 0.314 e. The van der Waals surface area contributed by atoms with E-state index < -0.39 is 0 Å². The number of carbonyl (C=O) groups is 2. The van der Waals surface area contributed by atoms with Crippen molar-refractivity contribution in [3.8, 4) is 0 Å². The third-order valence-electron chi connectivity index (χ3n) is 4.50. The SMILES string of the molecule is CCn1ncc2c(NC3CCN(C(N)=O)CC3)c(C(C)=O)cnc21. The Morgan fingerprint density at radius 3 is 2.62 bits per heavy atom. The molecular formula is C16H22N6O2. The van der Waals surface area contributed by atoms with Crippen molar-refractivity contribution in [2.45, 2.75) is 39.3 Å². The van der Waals surface area contributed by atoms with Crippen LogP contribution < -0.4 is 11.1 Å². The number of piperidine rings is 1. The van der Waals surface area contributed by atoms with Crippen LogP contribution in [0.15, 0.2) is 12.4 Å². The molecule has 0 bridgehead atoms. The Balaban J connectivity index is 1.90. The van der Waals surface area contributed by atoms with Crippen LogP contribution in [0, 0.1) is 0 Å². The number of fused-ring (bicyclic) bond motifs is 1. The minimum atomic E-state index is -0.381. The van der Waals surface area contributed by atoms with Crippen molar-refractivity contribution in [3.63, 3.8) is 0 Å². The number of nitrogens with zero attached hydrogens (tertiary/aromatic N) is 4. The molecule has 8 nitrogen and oxygen atoms in total. The van der Waals surface area contributed by atoms with Crippen LogP contribution in [0.2, 0.25) is 0 Å². The van der Waals surface area contributed by atoms with Crippen molar-refractivity contribution in [1.29, 1.82) is 0 Å². The molecular weight excluding hydrogens is 308 g/mol. The summed E-state index contributed by atoms with van der Waals surface area (Å²) in [5.41, 5.74) is 7.44. The lowest BCUT2D eigenvalue weighted by molar-refractivity contribution is 0.101. The largest absolute Gasteiger partial charge is 0.381 e. The maximum Gasteiger partial charge on any atom is 0.314 e. The van der Waals surface area contributed by atoms with Gasteiger partial charge >= 0.3 is 6.03 Å². The normalized spacial score (nSPS) is 15.7. The van der Waals surface area contributed by atoms with Crippen LogP contribution in [0.5, 0.6) is 0 Å². The lowest BCUT2D eigenvalue weighted by Crippen LogP contribution is -2.44. The van der Waals surface area contributed by atoms with Crippen LogP contribution in [0.3, 0.4) is 0 Å². The van der Waals surface area contributed by atoms with E-state index in [1.54, 1.807) is 22.0 Å². The molecule has 0 atom stereocenters. The van der Waals surface area contributed by atoms with Gasteiger partial charge in [0.15, 0.2) is 11.4 Å². The zero-order chi connectivity index (χ0) is 17.3. The van der Waals surface area contributed by atoms with Gasteiger partial charge in [-0.25, -0.2) is 14.5 Å². The number of aromatic nitrogens is 3. The second kappa shape index (κ2) is 6.46. The molecule has 8 heteroatoms. The molecule has 0 aliphatic carbocycles. The number of urea groups is 1. The van der Waals surface area contributed by atoms with Crippen molar-refractivity contribution >= 4 is 28.5 Å².